The van der Waals surface area contributed by atoms with E-state index in [1.165, 1.54) is 6.07 Å². The first-order valence-electron chi connectivity index (χ1n) is 10.6. The lowest BCUT2D eigenvalue weighted by Crippen LogP contribution is -2.30. The molecule has 0 spiro atoms. The molecule has 0 heterocycles. The summed E-state index contributed by atoms with van der Waals surface area (Å²) >= 11 is 0. The average Bonchev–Trinajstić information content (AvgIpc) is 2.58. The molecule has 2 saturated carbocycles. The lowest BCUT2D eigenvalue weighted by molar-refractivity contribution is 0.115. The minimum atomic E-state index is -1.93. The molecule has 3 heteroatoms. The number of hydrogen-bond donors (Lipinski definition) is 0. The topological polar surface area (TPSA) is 23.8 Å². The third-order valence-electron chi connectivity index (χ3n) is 5.34. The van der Waals surface area contributed by atoms with Gasteiger partial charge < -0.3 is 0 Å². The van der Waals surface area contributed by atoms with Gasteiger partial charge in [0, 0.05) is 5.48 Å². The highest BCUT2D eigenvalue weighted by molar-refractivity contribution is 5.36. The minimum Gasteiger partial charge on any atom is -0.205 e. The van der Waals surface area contributed by atoms with Crippen molar-refractivity contribution in [3.63, 3.8) is 0 Å². The van der Waals surface area contributed by atoms with Crippen molar-refractivity contribution in [2.45, 2.75) is 57.2 Å². The third kappa shape index (κ3) is 3.53. The second kappa shape index (κ2) is 7.47. The van der Waals surface area contributed by atoms with Gasteiger partial charge in [0.15, 0.2) is 0 Å². The first-order chi connectivity index (χ1) is 13.1. The van der Waals surface area contributed by atoms with E-state index in [0.717, 1.165) is 37.8 Å². The Kier molecular flexibility index (Phi) is 3.93. The van der Waals surface area contributed by atoms with Gasteiger partial charge in [0.1, 0.15) is 23.3 Å². The number of hydrogen-bond acceptors (Lipinski definition) is 1. The second-order valence-electron chi connectivity index (χ2n) is 6.89. The van der Waals surface area contributed by atoms with Crippen LogP contribution in [-0.4, -0.2) is 0 Å². The summed E-state index contributed by atoms with van der Waals surface area (Å²) in [5.74, 6) is -3.41. The van der Waals surface area contributed by atoms with Crippen LogP contribution in [0.15, 0.2) is 24.8 Å². The molecule has 0 aliphatic heterocycles. The van der Waals surface area contributed by atoms with Crippen molar-refractivity contribution < 1.29 is 14.3 Å². The lowest BCUT2D eigenvalue weighted by Gasteiger charge is -2.42. The number of rotatable bonds is 4. The molecule has 128 valence electrons. The quantitative estimate of drug-likeness (QED) is 0.610. The second-order valence-corrected chi connectivity index (χ2v) is 6.89. The first-order valence-corrected chi connectivity index (χ1v) is 8.61. The Bertz CT molecular complexity index is 779. The third-order valence-corrected chi connectivity index (χ3v) is 5.34. The van der Waals surface area contributed by atoms with E-state index in [2.05, 4.69) is 6.58 Å². The number of nitrogens with zero attached hydrogens (tertiary/aromatic N) is 1. The van der Waals surface area contributed by atoms with Crippen LogP contribution in [0, 0.1) is 40.7 Å². The van der Waals surface area contributed by atoms with E-state index in [9.17, 15) is 8.78 Å². The van der Waals surface area contributed by atoms with E-state index >= 15 is 0 Å². The molecule has 0 amide bonds. The Hall–Kier alpha value is -1.69. The van der Waals surface area contributed by atoms with Crippen LogP contribution in [0.4, 0.5) is 8.78 Å². The Morgan fingerprint density at radius 2 is 2.00 bits per heavy atom. The number of fused-ring (bicyclic) bond motifs is 1. The molecule has 0 saturated heterocycles. The fraction of sp³-hybridized carbons (Fsp3) is 0.571. The molecular formula is C21H25F2N. The monoisotopic (exact) mass is 333 g/mol. The maximum absolute atomic E-state index is 14.2. The van der Waals surface area contributed by atoms with Crippen LogP contribution >= 0.6 is 0 Å². The molecular weight excluding hydrogens is 304 g/mol. The van der Waals surface area contributed by atoms with Crippen LogP contribution in [-0.2, 0) is 0 Å². The smallest absolute Gasteiger partial charge is 0.144 e. The molecule has 0 radical (unpaired) electrons. The van der Waals surface area contributed by atoms with E-state index in [4.69, 9.17) is 10.7 Å². The fourth-order valence-electron chi connectivity index (χ4n) is 4.04. The Balaban J connectivity index is 1.95. The van der Waals surface area contributed by atoms with Crippen LogP contribution in [0.3, 0.4) is 0 Å². The van der Waals surface area contributed by atoms with E-state index in [1.807, 2.05) is 6.08 Å². The SMILES string of the molecule is [2H]C1([2H])CC2CC(CCC=C)CCC2C([2H])([2H])C1c1cc(F)c(C#N)c(F)c1. The summed E-state index contributed by atoms with van der Waals surface area (Å²) in [7, 11) is 0. The van der Waals surface area contributed by atoms with Gasteiger partial charge in [0.2, 0.25) is 0 Å². The van der Waals surface area contributed by atoms with Gasteiger partial charge in [0.05, 0.1) is 0 Å². The molecule has 24 heavy (non-hydrogen) atoms. The van der Waals surface area contributed by atoms with E-state index in [1.54, 1.807) is 0 Å². The molecule has 1 nitrogen and oxygen atoms in total. The number of nitriles is 1. The Labute approximate surface area is 149 Å². The highest BCUT2D eigenvalue weighted by atomic mass is 19.1. The van der Waals surface area contributed by atoms with E-state index in [-0.39, 0.29) is 23.8 Å². The van der Waals surface area contributed by atoms with E-state index < -0.39 is 35.9 Å². The van der Waals surface area contributed by atoms with Crippen molar-refractivity contribution in [2.75, 3.05) is 0 Å². The zero-order chi connectivity index (χ0) is 20.7. The number of benzene rings is 1. The van der Waals surface area contributed by atoms with Gasteiger partial charge in [-0.1, -0.05) is 12.5 Å². The largest absolute Gasteiger partial charge is 0.205 e. The zero-order valence-corrected chi connectivity index (χ0v) is 13.7. The minimum absolute atomic E-state index is 0.0452. The molecule has 2 aliphatic carbocycles. The van der Waals surface area contributed by atoms with Crippen molar-refractivity contribution in [3.8, 4) is 6.07 Å². The summed E-state index contributed by atoms with van der Waals surface area (Å²) in [5, 5.41) is 8.86. The molecule has 0 bridgehead atoms. The van der Waals surface area contributed by atoms with Crippen molar-refractivity contribution in [1.82, 2.24) is 0 Å². The normalized spacial score (nSPS) is 36.2. The van der Waals surface area contributed by atoms with Crippen LogP contribution in [0.2, 0.25) is 0 Å². The standard InChI is InChI=1S/C21H25F2N/c1-2-3-4-14-5-6-16-10-17(8-7-15(16)9-14)18-11-20(22)19(13-24)21(23)12-18/h2,11-12,14-17H,1,3-10H2/i8D2,10D2. The zero-order valence-electron chi connectivity index (χ0n) is 17.7. The molecule has 4 atom stereocenters. The summed E-state index contributed by atoms with van der Waals surface area (Å²) in [4.78, 5) is 0. The van der Waals surface area contributed by atoms with Crippen LogP contribution in [0.25, 0.3) is 0 Å². The van der Waals surface area contributed by atoms with Crippen molar-refractivity contribution in [1.29, 1.82) is 5.26 Å². The number of halogens is 2. The van der Waals surface area contributed by atoms with Gasteiger partial charge in [-0.3, -0.25) is 0 Å². The van der Waals surface area contributed by atoms with Gasteiger partial charge in [-0.25, -0.2) is 8.78 Å². The highest BCUT2D eigenvalue weighted by Crippen LogP contribution is 2.48. The predicted molar refractivity (Wildman–Crippen MR) is 91.4 cm³/mol. The van der Waals surface area contributed by atoms with Gasteiger partial charge in [-0.15, -0.1) is 6.58 Å². The van der Waals surface area contributed by atoms with Crippen LogP contribution in [0.1, 0.15) is 73.8 Å². The molecule has 4 unspecified atom stereocenters. The van der Waals surface area contributed by atoms with Gasteiger partial charge in [-0.05, 0) is 86.2 Å². The van der Waals surface area contributed by atoms with Gasteiger partial charge >= 0.3 is 0 Å². The average molecular weight is 333 g/mol. The van der Waals surface area contributed by atoms with Crippen molar-refractivity contribution in [2.24, 2.45) is 17.8 Å². The summed E-state index contributed by atoms with van der Waals surface area (Å²) in [6.45, 7) is 3.74. The maximum Gasteiger partial charge on any atom is 0.144 e. The molecule has 0 aromatic heterocycles. The summed E-state index contributed by atoms with van der Waals surface area (Å²) in [5.41, 5.74) is -0.766. The van der Waals surface area contributed by atoms with Crippen molar-refractivity contribution in [3.05, 3.63) is 47.5 Å². The first kappa shape index (κ1) is 12.6. The maximum atomic E-state index is 14.2. The van der Waals surface area contributed by atoms with Crippen molar-refractivity contribution >= 4 is 0 Å². The highest BCUT2D eigenvalue weighted by Gasteiger charge is 2.36. The molecule has 2 aliphatic rings. The van der Waals surface area contributed by atoms with Crippen LogP contribution < -0.4 is 0 Å². The Morgan fingerprint density at radius 3 is 2.67 bits per heavy atom. The molecule has 0 N–H and O–H groups in total. The van der Waals surface area contributed by atoms with Gasteiger partial charge in [-0.2, -0.15) is 5.26 Å². The summed E-state index contributed by atoms with van der Waals surface area (Å²) in [6.07, 6.45) is 2.36. The Morgan fingerprint density at radius 1 is 1.25 bits per heavy atom. The lowest BCUT2D eigenvalue weighted by atomic mass is 9.63. The molecule has 3 rings (SSSR count). The molecule has 1 aromatic carbocycles. The summed E-state index contributed by atoms with van der Waals surface area (Å²) < 4.78 is 62.9. The summed E-state index contributed by atoms with van der Waals surface area (Å²) in [6, 6.07) is 3.31. The molecule has 1 aromatic rings. The molecule has 2 fully saturated rings. The fourth-order valence-corrected chi connectivity index (χ4v) is 4.04. The van der Waals surface area contributed by atoms with Crippen LogP contribution in [0.5, 0.6) is 0 Å². The van der Waals surface area contributed by atoms with Gasteiger partial charge in [0.25, 0.3) is 0 Å². The number of allylic oxidation sites excluding steroid dienone is 1. The van der Waals surface area contributed by atoms with E-state index in [0.29, 0.717) is 12.3 Å². The predicted octanol–water partition coefficient (Wildman–Crippen LogP) is 6.10.